The fraction of sp³-hybridized carbons (Fsp3) is 0.667. The van der Waals surface area contributed by atoms with Crippen LogP contribution in [0.2, 0.25) is 6.32 Å². The van der Waals surface area contributed by atoms with Crippen LogP contribution in [0.15, 0.2) is 0 Å². The predicted octanol–water partition coefficient (Wildman–Crippen LogP) is -0.480. The Morgan fingerprint density at radius 3 is 2.57 bits per heavy atom. The van der Waals surface area contributed by atoms with Gasteiger partial charge in [0.05, 0.1) is 13.9 Å². The smallest absolute Gasteiger partial charge is 0.136 e. The van der Waals surface area contributed by atoms with E-state index in [1.807, 2.05) is 0 Å². The Bertz CT molecular complexity index is 56.9. The van der Waals surface area contributed by atoms with Gasteiger partial charge >= 0.3 is 0 Å². The maximum atomic E-state index is 9.81. The van der Waals surface area contributed by atoms with E-state index < -0.39 is 0 Å². The van der Waals surface area contributed by atoms with E-state index >= 15 is 0 Å². The second kappa shape index (κ2) is 4.29. The Kier molecular flexibility index (Phi) is 4.36. The highest BCUT2D eigenvalue weighted by Gasteiger charge is 1.95. The zero-order valence-corrected chi connectivity index (χ0v) is 5.08. The molecular formula is C3H7BNOP. The molecular weight excluding hydrogens is 108 g/mol. The van der Waals surface area contributed by atoms with E-state index in [9.17, 15) is 4.79 Å². The third-order valence-corrected chi connectivity index (χ3v) is 1.06. The molecule has 2 atom stereocenters. The average molecular weight is 115 g/mol. The zero-order valence-electron chi connectivity index (χ0n) is 3.92. The molecule has 0 amide bonds. The van der Waals surface area contributed by atoms with Crippen LogP contribution in [0.3, 0.4) is 0 Å². The first kappa shape index (κ1) is 7.12. The van der Waals surface area contributed by atoms with Gasteiger partial charge in [0.1, 0.15) is 6.29 Å². The summed E-state index contributed by atoms with van der Waals surface area (Å²) in [5.74, 6) is 0. The molecule has 0 rings (SSSR count). The van der Waals surface area contributed by atoms with Crippen molar-refractivity contribution >= 4 is 23.5 Å². The molecule has 1 N–H and O–H groups in total. The first-order valence-electron chi connectivity index (χ1n) is 1.96. The van der Waals surface area contributed by atoms with E-state index in [0.717, 1.165) is 6.29 Å². The van der Waals surface area contributed by atoms with Crippen LogP contribution in [0.5, 0.6) is 0 Å². The monoisotopic (exact) mass is 115 g/mol. The quantitative estimate of drug-likeness (QED) is 0.305. The molecule has 2 unspecified atom stereocenters. The van der Waals surface area contributed by atoms with Crippen molar-refractivity contribution in [3.8, 4) is 0 Å². The molecule has 0 aromatic carbocycles. The summed E-state index contributed by atoms with van der Waals surface area (Å²) in [5.41, 5.74) is 0. The van der Waals surface area contributed by atoms with Crippen molar-refractivity contribution in [3.63, 3.8) is 0 Å². The number of carbonyl (C=O) groups excluding carboxylic acids is 1. The molecule has 0 aromatic heterocycles. The minimum Gasteiger partial charge on any atom is -0.302 e. The van der Waals surface area contributed by atoms with Gasteiger partial charge in [0.25, 0.3) is 0 Å². The average Bonchev–Trinajstić information content (AvgIpc) is 1.72. The number of hydrogen-bond acceptors (Lipinski definition) is 2. The molecule has 0 aliphatic heterocycles. The molecule has 0 saturated carbocycles. The van der Waals surface area contributed by atoms with Gasteiger partial charge in [0, 0.05) is 0 Å². The maximum Gasteiger partial charge on any atom is 0.136 e. The molecule has 2 nitrogen and oxygen atoms in total. The van der Waals surface area contributed by atoms with Crippen LogP contribution in [0.25, 0.3) is 0 Å². The van der Waals surface area contributed by atoms with E-state index in [1.54, 1.807) is 0 Å². The van der Waals surface area contributed by atoms with Crippen LogP contribution in [0.4, 0.5) is 0 Å². The Morgan fingerprint density at radius 2 is 2.57 bits per heavy atom. The number of nitrogens with one attached hydrogen (secondary N) is 1. The zero-order chi connectivity index (χ0) is 5.70. The summed E-state index contributed by atoms with van der Waals surface area (Å²) in [5, 5.41) is 2.62. The van der Waals surface area contributed by atoms with Crippen molar-refractivity contribution in [3.05, 3.63) is 0 Å². The van der Waals surface area contributed by atoms with Gasteiger partial charge in [-0.05, 0) is 0 Å². The topological polar surface area (TPSA) is 29.1 Å². The van der Waals surface area contributed by atoms with Gasteiger partial charge in [-0.2, -0.15) is 0 Å². The lowest BCUT2D eigenvalue weighted by molar-refractivity contribution is -0.108. The summed E-state index contributed by atoms with van der Waals surface area (Å²) in [6, 6.07) is -0.204. The van der Waals surface area contributed by atoms with Gasteiger partial charge in [-0.1, -0.05) is 15.7 Å². The highest BCUT2D eigenvalue weighted by molar-refractivity contribution is 7.13. The maximum absolute atomic E-state index is 9.81. The molecule has 0 fully saturated rings. The largest absolute Gasteiger partial charge is 0.302 e. The summed E-state index contributed by atoms with van der Waals surface area (Å²) >= 11 is 0. The fourth-order valence-corrected chi connectivity index (χ4v) is 0.378. The second-order valence-corrected chi connectivity index (χ2v) is 1.48. The van der Waals surface area contributed by atoms with E-state index in [-0.39, 0.29) is 6.04 Å². The summed E-state index contributed by atoms with van der Waals surface area (Å²) in [7, 11) is 7.31. The van der Waals surface area contributed by atoms with Gasteiger partial charge in [-0.3, -0.25) is 5.09 Å². The number of hydrogen-bond donors (Lipinski definition) is 1. The fourth-order valence-electron chi connectivity index (χ4n) is 0.163. The summed E-state index contributed by atoms with van der Waals surface area (Å²) in [4.78, 5) is 9.81. The SMILES string of the molecule is [B]CC(C=O)NP. The third-order valence-electron chi connectivity index (χ3n) is 0.632. The third kappa shape index (κ3) is 2.78. The van der Waals surface area contributed by atoms with Crippen molar-refractivity contribution in [1.29, 1.82) is 0 Å². The summed E-state index contributed by atoms with van der Waals surface area (Å²) in [6.45, 7) is 0. The molecule has 0 spiro atoms. The summed E-state index contributed by atoms with van der Waals surface area (Å²) < 4.78 is 0. The van der Waals surface area contributed by atoms with E-state index in [0.29, 0.717) is 6.32 Å². The molecule has 0 saturated heterocycles. The molecule has 38 valence electrons. The van der Waals surface area contributed by atoms with Crippen molar-refractivity contribution in [2.45, 2.75) is 12.4 Å². The minimum absolute atomic E-state index is 0.204. The normalized spacial score (nSPS) is 13.3. The molecule has 0 bridgehead atoms. The van der Waals surface area contributed by atoms with Gasteiger partial charge in [-0.15, -0.1) is 0 Å². The molecule has 0 aliphatic carbocycles. The highest BCUT2D eigenvalue weighted by atomic mass is 31.0. The van der Waals surface area contributed by atoms with Crippen molar-refractivity contribution in [1.82, 2.24) is 5.09 Å². The first-order chi connectivity index (χ1) is 3.35. The van der Waals surface area contributed by atoms with Crippen LogP contribution in [-0.2, 0) is 4.79 Å². The Hall–Kier alpha value is 0.125. The van der Waals surface area contributed by atoms with Crippen LogP contribution >= 0.6 is 9.39 Å². The number of rotatable bonds is 3. The number of aldehydes is 1. The number of carbonyl (C=O) groups is 1. The molecule has 7 heavy (non-hydrogen) atoms. The van der Waals surface area contributed by atoms with E-state index in [1.165, 1.54) is 0 Å². The Morgan fingerprint density at radius 1 is 2.00 bits per heavy atom. The van der Waals surface area contributed by atoms with Gasteiger partial charge in [0.15, 0.2) is 0 Å². The molecule has 0 heterocycles. The molecule has 0 aliphatic rings. The van der Waals surface area contributed by atoms with Gasteiger partial charge < -0.3 is 4.79 Å². The van der Waals surface area contributed by atoms with Crippen molar-refractivity contribution in [2.24, 2.45) is 0 Å². The van der Waals surface area contributed by atoms with Crippen LogP contribution in [0, 0.1) is 0 Å². The van der Waals surface area contributed by atoms with Crippen molar-refractivity contribution < 1.29 is 4.79 Å². The van der Waals surface area contributed by atoms with E-state index in [4.69, 9.17) is 7.85 Å². The lowest BCUT2D eigenvalue weighted by atomic mass is 9.99. The molecule has 0 aromatic rings. The Balaban J connectivity index is 3.16. The lowest BCUT2D eigenvalue weighted by Gasteiger charge is -2.00. The van der Waals surface area contributed by atoms with Gasteiger partial charge in [-0.25, -0.2) is 0 Å². The first-order valence-corrected chi connectivity index (χ1v) is 2.54. The second-order valence-electron chi connectivity index (χ2n) is 1.14. The molecule has 2 radical (unpaired) electrons. The van der Waals surface area contributed by atoms with Gasteiger partial charge in [0.2, 0.25) is 0 Å². The summed E-state index contributed by atoms with van der Waals surface area (Å²) in [6.07, 6.45) is 1.13. The lowest BCUT2D eigenvalue weighted by Crippen LogP contribution is -2.20. The standard InChI is InChI=1S/C3H7BNOP/c4-1-3(2-6)5-7/h2-3,5H,1,7H2. The molecule has 4 heteroatoms. The highest BCUT2D eigenvalue weighted by Crippen LogP contribution is 1.84. The van der Waals surface area contributed by atoms with Crippen molar-refractivity contribution in [2.75, 3.05) is 0 Å². The minimum atomic E-state index is -0.204. The Labute approximate surface area is 46.7 Å². The van der Waals surface area contributed by atoms with E-state index in [2.05, 4.69) is 14.5 Å². The van der Waals surface area contributed by atoms with Crippen LogP contribution < -0.4 is 5.09 Å². The predicted molar refractivity (Wildman–Crippen MR) is 33.3 cm³/mol. The van der Waals surface area contributed by atoms with Crippen LogP contribution in [-0.4, -0.2) is 20.2 Å². The van der Waals surface area contributed by atoms with Crippen LogP contribution in [0.1, 0.15) is 0 Å².